The van der Waals surface area contributed by atoms with Crippen LogP contribution in [0.2, 0.25) is 0 Å². The van der Waals surface area contributed by atoms with E-state index in [1.807, 2.05) is 19.0 Å². The molecule has 0 aliphatic heterocycles. The van der Waals surface area contributed by atoms with Gasteiger partial charge in [-0.05, 0) is 26.2 Å². The minimum atomic E-state index is -0.429. The van der Waals surface area contributed by atoms with E-state index in [0.29, 0.717) is 24.4 Å². The molecule has 0 radical (unpaired) electrons. The summed E-state index contributed by atoms with van der Waals surface area (Å²) in [7, 11) is 3.80. The number of benzene rings is 1. The highest BCUT2D eigenvalue weighted by atomic mass is 16.5. The van der Waals surface area contributed by atoms with Crippen molar-refractivity contribution in [2.75, 3.05) is 32.6 Å². The van der Waals surface area contributed by atoms with Gasteiger partial charge in [-0.15, -0.1) is 0 Å². The highest BCUT2D eigenvalue weighted by Gasteiger charge is 2.12. The topological polar surface area (TPSA) is 58.6 Å². The molecule has 0 bridgehead atoms. The van der Waals surface area contributed by atoms with Crippen molar-refractivity contribution in [2.24, 2.45) is 0 Å². The monoisotopic (exact) mass is 250 g/mol. The molecule has 0 fully saturated rings. The van der Waals surface area contributed by atoms with Gasteiger partial charge in [0.2, 0.25) is 5.91 Å². The van der Waals surface area contributed by atoms with Gasteiger partial charge < -0.3 is 15.0 Å². The molecule has 1 N–H and O–H groups in total. The molecule has 18 heavy (non-hydrogen) atoms. The lowest BCUT2D eigenvalue weighted by molar-refractivity contribution is -0.114. The molecule has 0 saturated carbocycles. The fraction of sp³-hybridized carbons (Fsp3) is 0.385. The number of nitrogens with zero attached hydrogens (tertiary/aromatic N) is 1. The van der Waals surface area contributed by atoms with Crippen LogP contribution in [0.25, 0.3) is 0 Å². The number of para-hydroxylation sites is 1. The lowest BCUT2D eigenvalue weighted by atomic mass is 10.2. The summed E-state index contributed by atoms with van der Waals surface area (Å²) in [5, 5.41) is 2.60. The molecule has 5 heteroatoms. The third-order valence-electron chi connectivity index (χ3n) is 2.23. The average molecular weight is 250 g/mol. The summed E-state index contributed by atoms with van der Waals surface area (Å²) in [5.41, 5.74) is 0.839. The Balaban J connectivity index is 2.69. The van der Waals surface area contributed by atoms with Crippen LogP contribution in [0.3, 0.4) is 0 Å². The second kappa shape index (κ2) is 6.76. The molecule has 1 amide bonds. The zero-order valence-electron chi connectivity index (χ0n) is 10.9. The van der Waals surface area contributed by atoms with Gasteiger partial charge in [0.25, 0.3) is 0 Å². The maximum atomic E-state index is 11.8. The van der Waals surface area contributed by atoms with Crippen molar-refractivity contribution in [3.8, 4) is 0 Å². The summed E-state index contributed by atoms with van der Waals surface area (Å²) in [6.07, 6.45) is 0. The summed E-state index contributed by atoms with van der Waals surface area (Å²) in [5.74, 6) is -0.648. The maximum Gasteiger partial charge on any atom is 0.340 e. The lowest BCUT2D eigenvalue weighted by Crippen LogP contribution is -2.21. The van der Waals surface area contributed by atoms with Gasteiger partial charge in [-0.3, -0.25) is 4.79 Å². The first kappa shape index (κ1) is 14.2. The number of ether oxygens (including phenoxy) is 1. The van der Waals surface area contributed by atoms with Crippen molar-refractivity contribution in [2.45, 2.75) is 6.92 Å². The quantitative estimate of drug-likeness (QED) is 0.802. The molecule has 0 spiro atoms. The fourth-order valence-corrected chi connectivity index (χ4v) is 1.36. The Kier molecular flexibility index (Phi) is 5.32. The van der Waals surface area contributed by atoms with E-state index in [-0.39, 0.29) is 5.91 Å². The van der Waals surface area contributed by atoms with E-state index in [0.717, 1.165) is 0 Å². The second-order valence-electron chi connectivity index (χ2n) is 4.17. The molecule has 1 aromatic rings. The molecule has 1 rings (SSSR count). The van der Waals surface area contributed by atoms with E-state index in [9.17, 15) is 9.59 Å². The third-order valence-corrected chi connectivity index (χ3v) is 2.23. The Morgan fingerprint density at radius 2 is 1.94 bits per heavy atom. The standard InChI is InChI=1S/C13H18N2O3/c1-10(16)14-12-7-5-4-6-11(12)13(17)18-9-8-15(2)3/h4-7H,8-9H2,1-3H3,(H,14,16). The smallest absolute Gasteiger partial charge is 0.340 e. The number of likely N-dealkylation sites (N-methyl/N-ethyl adjacent to an activating group) is 1. The molecule has 1 aromatic carbocycles. The maximum absolute atomic E-state index is 11.8. The fourth-order valence-electron chi connectivity index (χ4n) is 1.36. The van der Waals surface area contributed by atoms with Crippen LogP contribution in [-0.2, 0) is 9.53 Å². The van der Waals surface area contributed by atoms with Crippen molar-refractivity contribution in [1.82, 2.24) is 4.90 Å². The first-order chi connectivity index (χ1) is 8.50. The minimum Gasteiger partial charge on any atom is -0.461 e. The number of carbonyl (C=O) groups excluding carboxylic acids is 2. The molecule has 0 atom stereocenters. The molecular weight excluding hydrogens is 232 g/mol. The van der Waals surface area contributed by atoms with E-state index >= 15 is 0 Å². The molecular formula is C13H18N2O3. The van der Waals surface area contributed by atoms with Crippen molar-refractivity contribution in [3.63, 3.8) is 0 Å². The van der Waals surface area contributed by atoms with Gasteiger partial charge in [0.05, 0.1) is 11.3 Å². The molecule has 98 valence electrons. The summed E-state index contributed by atoms with van der Waals surface area (Å²) < 4.78 is 5.13. The van der Waals surface area contributed by atoms with Crippen LogP contribution in [0.1, 0.15) is 17.3 Å². The predicted octanol–water partition coefficient (Wildman–Crippen LogP) is 1.36. The Morgan fingerprint density at radius 1 is 1.28 bits per heavy atom. The molecule has 0 aliphatic rings. The third kappa shape index (κ3) is 4.55. The molecule has 0 saturated heterocycles. The second-order valence-corrected chi connectivity index (χ2v) is 4.17. The highest BCUT2D eigenvalue weighted by Crippen LogP contribution is 2.15. The summed E-state index contributed by atoms with van der Waals surface area (Å²) in [6.45, 7) is 2.38. The summed E-state index contributed by atoms with van der Waals surface area (Å²) in [4.78, 5) is 24.8. The number of hydrogen-bond acceptors (Lipinski definition) is 4. The number of esters is 1. The van der Waals surface area contributed by atoms with E-state index in [4.69, 9.17) is 4.74 Å². The van der Waals surface area contributed by atoms with Crippen LogP contribution in [0.15, 0.2) is 24.3 Å². The largest absolute Gasteiger partial charge is 0.461 e. The van der Waals surface area contributed by atoms with Crippen molar-refractivity contribution in [1.29, 1.82) is 0 Å². The van der Waals surface area contributed by atoms with Crippen LogP contribution in [-0.4, -0.2) is 44.0 Å². The zero-order valence-corrected chi connectivity index (χ0v) is 10.9. The first-order valence-electron chi connectivity index (χ1n) is 5.69. The van der Waals surface area contributed by atoms with Gasteiger partial charge in [0.1, 0.15) is 6.61 Å². The zero-order chi connectivity index (χ0) is 13.5. The van der Waals surface area contributed by atoms with Crippen molar-refractivity contribution in [3.05, 3.63) is 29.8 Å². The molecule has 0 aliphatic carbocycles. The number of hydrogen-bond donors (Lipinski definition) is 1. The van der Waals surface area contributed by atoms with Gasteiger partial charge in [-0.25, -0.2) is 4.79 Å². The van der Waals surface area contributed by atoms with Gasteiger partial charge >= 0.3 is 5.97 Å². The highest BCUT2D eigenvalue weighted by molar-refractivity contribution is 6.00. The van der Waals surface area contributed by atoms with Crippen LogP contribution >= 0.6 is 0 Å². The molecule has 0 aromatic heterocycles. The van der Waals surface area contributed by atoms with Crippen LogP contribution in [0, 0.1) is 0 Å². The predicted molar refractivity (Wildman–Crippen MR) is 69.6 cm³/mol. The van der Waals surface area contributed by atoms with E-state index in [1.165, 1.54) is 6.92 Å². The number of rotatable bonds is 5. The minimum absolute atomic E-state index is 0.219. The van der Waals surface area contributed by atoms with Crippen molar-refractivity contribution >= 4 is 17.6 Å². The van der Waals surface area contributed by atoms with Gasteiger partial charge in [-0.2, -0.15) is 0 Å². The molecule has 0 heterocycles. The summed E-state index contributed by atoms with van der Waals surface area (Å²) in [6, 6.07) is 6.78. The Bertz CT molecular complexity index is 430. The van der Waals surface area contributed by atoms with Crippen LogP contribution < -0.4 is 5.32 Å². The van der Waals surface area contributed by atoms with E-state index in [2.05, 4.69) is 5.32 Å². The van der Waals surface area contributed by atoms with Gasteiger partial charge in [-0.1, -0.05) is 12.1 Å². The number of carbonyl (C=O) groups is 2. The van der Waals surface area contributed by atoms with Gasteiger partial charge in [0.15, 0.2) is 0 Å². The first-order valence-corrected chi connectivity index (χ1v) is 5.69. The molecule has 0 unspecified atom stereocenters. The van der Waals surface area contributed by atoms with Crippen LogP contribution in [0.5, 0.6) is 0 Å². The average Bonchev–Trinajstić information content (AvgIpc) is 2.28. The summed E-state index contributed by atoms with van der Waals surface area (Å²) >= 11 is 0. The SMILES string of the molecule is CC(=O)Nc1ccccc1C(=O)OCCN(C)C. The lowest BCUT2D eigenvalue weighted by Gasteiger charge is -2.12. The Labute approximate surface area is 107 Å². The number of amides is 1. The van der Waals surface area contributed by atoms with E-state index < -0.39 is 5.97 Å². The molecule has 5 nitrogen and oxygen atoms in total. The Hall–Kier alpha value is -1.88. The van der Waals surface area contributed by atoms with E-state index in [1.54, 1.807) is 24.3 Å². The number of nitrogens with one attached hydrogen (secondary N) is 1. The van der Waals surface area contributed by atoms with Crippen molar-refractivity contribution < 1.29 is 14.3 Å². The van der Waals surface area contributed by atoms with Gasteiger partial charge in [0, 0.05) is 13.5 Å². The van der Waals surface area contributed by atoms with Crippen LogP contribution in [0.4, 0.5) is 5.69 Å². The normalized spacial score (nSPS) is 10.2. The number of anilines is 1. The Morgan fingerprint density at radius 3 is 2.56 bits per heavy atom.